The Kier molecular flexibility index (Phi) is 9.50. The van der Waals surface area contributed by atoms with Crippen LogP contribution in [0.15, 0.2) is 53.4 Å². The number of hydrogen-bond acceptors (Lipinski definition) is 5. The van der Waals surface area contributed by atoms with Gasteiger partial charge in [0, 0.05) is 52.2 Å². The van der Waals surface area contributed by atoms with E-state index in [0.29, 0.717) is 37.4 Å². The molecule has 1 aliphatic heterocycles. The van der Waals surface area contributed by atoms with E-state index in [1.165, 1.54) is 9.87 Å². The normalized spacial score (nSPS) is 15.0. The number of aryl methyl sites for hydroxylation is 1. The van der Waals surface area contributed by atoms with Crippen molar-refractivity contribution in [2.24, 2.45) is 0 Å². The van der Waals surface area contributed by atoms with Gasteiger partial charge in [-0.2, -0.15) is 4.31 Å². The van der Waals surface area contributed by atoms with E-state index in [0.717, 1.165) is 44.0 Å². The van der Waals surface area contributed by atoms with Gasteiger partial charge in [-0.25, -0.2) is 8.42 Å². The lowest BCUT2D eigenvalue weighted by atomic mass is 10.1. The summed E-state index contributed by atoms with van der Waals surface area (Å²) in [7, 11) is -3.45. The maximum atomic E-state index is 12.7. The fourth-order valence-electron chi connectivity index (χ4n) is 4.22. The second-order valence-corrected chi connectivity index (χ2v) is 10.4. The molecule has 3 rings (SSSR count). The highest BCUT2D eigenvalue weighted by Crippen LogP contribution is 2.18. The maximum Gasteiger partial charge on any atom is 0.243 e. The Morgan fingerprint density at radius 2 is 1.47 bits per heavy atom. The van der Waals surface area contributed by atoms with E-state index in [1.807, 2.05) is 49.9 Å². The highest BCUT2D eigenvalue weighted by atomic mass is 32.2. The Morgan fingerprint density at radius 1 is 0.882 bits per heavy atom. The second-order valence-electron chi connectivity index (χ2n) is 8.47. The van der Waals surface area contributed by atoms with Gasteiger partial charge in [-0.3, -0.25) is 9.69 Å². The monoisotopic (exact) mass is 487 g/mol. The fourth-order valence-corrected chi connectivity index (χ4v) is 5.68. The molecule has 7 nitrogen and oxygen atoms in total. The molecule has 1 saturated heterocycles. The van der Waals surface area contributed by atoms with Gasteiger partial charge in [0.1, 0.15) is 5.75 Å². The first-order valence-electron chi connectivity index (χ1n) is 12.2. The molecule has 1 fully saturated rings. The van der Waals surface area contributed by atoms with Crippen LogP contribution in [0.4, 0.5) is 0 Å². The van der Waals surface area contributed by atoms with Crippen molar-refractivity contribution in [3.63, 3.8) is 0 Å². The highest BCUT2D eigenvalue weighted by molar-refractivity contribution is 7.89. The molecule has 0 saturated carbocycles. The number of amides is 1. The van der Waals surface area contributed by atoms with Crippen LogP contribution in [0.25, 0.3) is 0 Å². The van der Waals surface area contributed by atoms with Gasteiger partial charge in [0.25, 0.3) is 0 Å². The average Bonchev–Trinajstić information content (AvgIpc) is 2.85. The molecule has 1 aliphatic rings. The van der Waals surface area contributed by atoms with Crippen molar-refractivity contribution in [3.8, 4) is 5.75 Å². The molecule has 1 heterocycles. The molecule has 0 N–H and O–H groups in total. The summed E-state index contributed by atoms with van der Waals surface area (Å²) in [5, 5.41) is 0. The van der Waals surface area contributed by atoms with Crippen LogP contribution >= 0.6 is 0 Å². The van der Waals surface area contributed by atoms with Crippen LogP contribution in [-0.2, 0) is 27.8 Å². The van der Waals surface area contributed by atoms with Crippen molar-refractivity contribution in [3.05, 3.63) is 59.7 Å². The molecule has 8 heteroatoms. The number of carbonyl (C=O) groups excluding carboxylic acids is 1. The topological polar surface area (TPSA) is 70.2 Å². The van der Waals surface area contributed by atoms with Crippen LogP contribution in [0.5, 0.6) is 5.75 Å². The molecule has 0 aliphatic carbocycles. The van der Waals surface area contributed by atoms with E-state index in [1.54, 1.807) is 12.1 Å². The summed E-state index contributed by atoms with van der Waals surface area (Å²) in [5.74, 6) is 1.04. The van der Waals surface area contributed by atoms with Crippen molar-refractivity contribution in [1.82, 2.24) is 14.1 Å². The van der Waals surface area contributed by atoms with Gasteiger partial charge in [-0.1, -0.05) is 38.1 Å². The number of sulfonamides is 1. The number of ether oxygens (including phenoxy) is 1. The SMILES string of the molecule is CCOc1ccc(CN2CCN(C(=O)CCc3ccc(S(=O)(=O)N(CC)CC)cc3)CC2)cc1. The second kappa shape index (κ2) is 12.3. The number of piperazine rings is 1. The van der Waals surface area contributed by atoms with E-state index < -0.39 is 10.0 Å². The Bertz CT molecular complexity index is 1010. The van der Waals surface area contributed by atoms with Gasteiger partial charge >= 0.3 is 0 Å². The molecule has 2 aromatic rings. The van der Waals surface area contributed by atoms with Crippen LogP contribution in [0.2, 0.25) is 0 Å². The van der Waals surface area contributed by atoms with E-state index >= 15 is 0 Å². The van der Waals surface area contributed by atoms with Crippen molar-refractivity contribution >= 4 is 15.9 Å². The fraction of sp³-hybridized carbons (Fsp3) is 0.500. The predicted molar refractivity (Wildman–Crippen MR) is 134 cm³/mol. The molecule has 186 valence electrons. The molecule has 0 radical (unpaired) electrons. The van der Waals surface area contributed by atoms with E-state index in [2.05, 4.69) is 17.0 Å². The first-order valence-corrected chi connectivity index (χ1v) is 13.6. The Balaban J connectivity index is 1.44. The summed E-state index contributed by atoms with van der Waals surface area (Å²) in [6, 6.07) is 15.1. The number of rotatable bonds is 11. The van der Waals surface area contributed by atoms with Gasteiger partial charge in [0.2, 0.25) is 15.9 Å². The van der Waals surface area contributed by atoms with Crippen molar-refractivity contribution in [1.29, 1.82) is 0 Å². The van der Waals surface area contributed by atoms with Gasteiger partial charge in [0.05, 0.1) is 11.5 Å². The zero-order chi connectivity index (χ0) is 24.6. The zero-order valence-electron chi connectivity index (χ0n) is 20.6. The number of carbonyl (C=O) groups is 1. The maximum absolute atomic E-state index is 12.7. The molecule has 0 spiro atoms. The molecule has 1 amide bonds. The lowest BCUT2D eigenvalue weighted by molar-refractivity contribution is -0.133. The van der Waals surface area contributed by atoms with Crippen molar-refractivity contribution in [2.45, 2.75) is 45.1 Å². The molecule has 0 aromatic heterocycles. The summed E-state index contributed by atoms with van der Waals surface area (Å²) in [5.41, 5.74) is 2.22. The molecular weight excluding hydrogens is 450 g/mol. The summed E-state index contributed by atoms with van der Waals surface area (Å²) in [6.45, 7) is 11.3. The predicted octanol–water partition coefficient (Wildman–Crippen LogP) is 3.39. The average molecular weight is 488 g/mol. The van der Waals surface area contributed by atoms with Crippen LogP contribution in [0.1, 0.15) is 38.3 Å². The van der Waals surface area contributed by atoms with Crippen molar-refractivity contribution in [2.75, 3.05) is 45.9 Å². The molecule has 0 atom stereocenters. The van der Waals surface area contributed by atoms with E-state index in [-0.39, 0.29) is 5.91 Å². The molecule has 34 heavy (non-hydrogen) atoms. The standard InChI is InChI=1S/C26H37N3O4S/c1-4-29(5-2)34(31,32)25-14-9-22(10-15-25)11-16-26(30)28-19-17-27(18-20-28)21-23-7-12-24(13-8-23)33-6-3/h7-10,12-15H,4-6,11,16-21H2,1-3H3. The first-order chi connectivity index (χ1) is 16.4. The van der Waals surface area contributed by atoms with Gasteiger partial charge < -0.3 is 9.64 Å². The summed E-state index contributed by atoms with van der Waals surface area (Å²) in [6.07, 6.45) is 1.04. The van der Waals surface area contributed by atoms with Crippen LogP contribution in [0, 0.1) is 0 Å². The molecule has 0 unspecified atom stereocenters. The van der Waals surface area contributed by atoms with E-state index in [4.69, 9.17) is 4.74 Å². The number of nitrogens with zero attached hydrogens (tertiary/aromatic N) is 3. The lowest BCUT2D eigenvalue weighted by Gasteiger charge is -2.35. The Labute approximate surface area is 204 Å². The zero-order valence-corrected chi connectivity index (χ0v) is 21.4. The third-order valence-corrected chi connectivity index (χ3v) is 8.32. The number of hydrogen-bond donors (Lipinski definition) is 0. The van der Waals surface area contributed by atoms with Gasteiger partial charge in [-0.05, 0) is 48.7 Å². The smallest absolute Gasteiger partial charge is 0.243 e. The summed E-state index contributed by atoms with van der Waals surface area (Å²) < 4.78 is 32.2. The van der Waals surface area contributed by atoms with Gasteiger partial charge in [0.15, 0.2) is 0 Å². The largest absolute Gasteiger partial charge is 0.494 e. The molecule has 0 bridgehead atoms. The highest BCUT2D eigenvalue weighted by Gasteiger charge is 2.22. The minimum Gasteiger partial charge on any atom is -0.494 e. The third kappa shape index (κ3) is 6.81. The lowest BCUT2D eigenvalue weighted by Crippen LogP contribution is -2.48. The third-order valence-electron chi connectivity index (χ3n) is 6.26. The summed E-state index contributed by atoms with van der Waals surface area (Å²) >= 11 is 0. The van der Waals surface area contributed by atoms with Crippen LogP contribution in [-0.4, -0.2) is 74.3 Å². The Morgan fingerprint density at radius 3 is 2.03 bits per heavy atom. The molecular formula is C26H37N3O4S. The quantitative estimate of drug-likeness (QED) is 0.486. The minimum absolute atomic E-state index is 0.153. The summed E-state index contributed by atoms with van der Waals surface area (Å²) in [4.78, 5) is 17.3. The number of benzene rings is 2. The Hall–Kier alpha value is -2.42. The van der Waals surface area contributed by atoms with E-state index in [9.17, 15) is 13.2 Å². The first kappa shape index (κ1) is 26.2. The van der Waals surface area contributed by atoms with Crippen molar-refractivity contribution < 1.29 is 17.9 Å². The van der Waals surface area contributed by atoms with Gasteiger partial charge in [-0.15, -0.1) is 0 Å². The van der Waals surface area contributed by atoms with Crippen LogP contribution in [0.3, 0.4) is 0 Å². The molecule has 2 aromatic carbocycles. The minimum atomic E-state index is -3.45. The van der Waals surface area contributed by atoms with Crippen LogP contribution < -0.4 is 4.74 Å².